The fourth-order valence-corrected chi connectivity index (χ4v) is 2.04. The minimum atomic E-state index is 0.298. The molecule has 1 unspecified atom stereocenters. The van der Waals surface area contributed by atoms with Gasteiger partial charge in [-0.1, -0.05) is 12.1 Å². The van der Waals surface area contributed by atoms with E-state index in [0.717, 1.165) is 29.8 Å². The molecule has 1 aliphatic rings. The minimum absolute atomic E-state index is 0.298. The molecule has 2 heterocycles. The Labute approximate surface area is 93.5 Å². The van der Waals surface area contributed by atoms with E-state index in [9.17, 15) is 0 Å². The normalized spacial score (nSPS) is 20.4. The molecule has 16 heavy (non-hydrogen) atoms. The number of anilines is 1. The highest BCUT2D eigenvalue weighted by molar-refractivity contribution is 5.87. The molecular weight excluding hydrogens is 202 g/mol. The number of aromatic nitrogens is 2. The molecule has 0 saturated carbocycles. The molecule has 4 heteroatoms. The van der Waals surface area contributed by atoms with Crippen LogP contribution in [-0.2, 0) is 4.74 Å². The quantitative estimate of drug-likeness (QED) is 0.786. The van der Waals surface area contributed by atoms with Gasteiger partial charge in [0.25, 0.3) is 0 Å². The molecule has 0 aliphatic carbocycles. The fourth-order valence-electron chi connectivity index (χ4n) is 2.04. The van der Waals surface area contributed by atoms with Crippen molar-refractivity contribution in [2.45, 2.75) is 12.3 Å². The number of ether oxygens (including phenoxy) is 1. The van der Waals surface area contributed by atoms with Crippen molar-refractivity contribution in [2.24, 2.45) is 0 Å². The Bertz CT molecular complexity index is 521. The van der Waals surface area contributed by atoms with Crippen molar-refractivity contribution in [1.29, 1.82) is 0 Å². The average Bonchev–Trinajstić information content (AvgIpc) is 2.82. The first kappa shape index (κ1) is 9.54. The molecule has 1 fully saturated rings. The fraction of sp³-hybridized carbons (Fsp3) is 0.333. The number of nitrogen functional groups attached to an aromatic ring is 1. The standard InChI is InChI=1S/C12H13N3O/c13-11-9-3-1-2-4-10(9)14-12(15-11)8-5-6-16-7-8/h1-4,8H,5-7H2,(H2,13,14,15). The molecule has 4 nitrogen and oxygen atoms in total. The summed E-state index contributed by atoms with van der Waals surface area (Å²) in [6, 6.07) is 7.82. The molecule has 1 aromatic heterocycles. The molecule has 0 bridgehead atoms. The Morgan fingerprint density at radius 3 is 2.94 bits per heavy atom. The van der Waals surface area contributed by atoms with Gasteiger partial charge in [-0.3, -0.25) is 0 Å². The van der Waals surface area contributed by atoms with E-state index in [-0.39, 0.29) is 0 Å². The Morgan fingerprint density at radius 1 is 1.25 bits per heavy atom. The average molecular weight is 215 g/mol. The lowest BCUT2D eigenvalue weighted by Gasteiger charge is -2.08. The maximum atomic E-state index is 5.93. The SMILES string of the molecule is Nc1nc(C2CCOC2)nc2ccccc12. The van der Waals surface area contributed by atoms with Gasteiger partial charge in [0.15, 0.2) is 0 Å². The third-order valence-electron chi connectivity index (χ3n) is 2.94. The number of nitrogens with zero attached hydrogens (tertiary/aromatic N) is 2. The van der Waals surface area contributed by atoms with Crippen LogP contribution < -0.4 is 5.73 Å². The summed E-state index contributed by atoms with van der Waals surface area (Å²) >= 11 is 0. The zero-order chi connectivity index (χ0) is 11.0. The molecule has 2 N–H and O–H groups in total. The second-order valence-corrected chi connectivity index (χ2v) is 4.04. The zero-order valence-electron chi connectivity index (χ0n) is 8.89. The van der Waals surface area contributed by atoms with Gasteiger partial charge in [-0.05, 0) is 18.6 Å². The van der Waals surface area contributed by atoms with Gasteiger partial charge in [0.1, 0.15) is 11.6 Å². The Balaban J connectivity index is 2.13. The van der Waals surface area contributed by atoms with Crippen molar-refractivity contribution < 1.29 is 4.74 Å². The van der Waals surface area contributed by atoms with Crippen molar-refractivity contribution in [3.05, 3.63) is 30.1 Å². The molecule has 1 atom stereocenters. The Kier molecular flexibility index (Phi) is 2.22. The first-order valence-electron chi connectivity index (χ1n) is 5.44. The van der Waals surface area contributed by atoms with Crippen LogP contribution in [-0.4, -0.2) is 23.2 Å². The number of fused-ring (bicyclic) bond motifs is 1. The first-order valence-corrected chi connectivity index (χ1v) is 5.44. The third kappa shape index (κ3) is 1.51. The summed E-state index contributed by atoms with van der Waals surface area (Å²) in [5, 5.41) is 0.921. The molecule has 1 aliphatic heterocycles. The molecule has 82 valence electrons. The van der Waals surface area contributed by atoms with E-state index < -0.39 is 0 Å². The van der Waals surface area contributed by atoms with E-state index in [1.165, 1.54) is 0 Å². The molecule has 0 radical (unpaired) electrons. The van der Waals surface area contributed by atoms with E-state index in [1.807, 2.05) is 24.3 Å². The van der Waals surface area contributed by atoms with Crippen LogP contribution in [0.5, 0.6) is 0 Å². The lowest BCUT2D eigenvalue weighted by Crippen LogP contribution is -2.07. The molecule has 0 spiro atoms. The van der Waals surface area contributed by atoms with Gasteiger partial charge in [-0.15, -0.1) is 0 Å². The van der Waals surface area contributed by atoms with Crippen molar-refractivity contribution in [3.63, 3.8) is 0 Å². The van der Waals surface area contributed by atoms with E-state index >= 15 is 0 Å². The molecular formula is C12H13N3O. The van der Waals surface area contributed by atoms with Crippen molar-refractivity contribution in [3.8, 4) is 0 Å². The minimum Gasteiger partial charge on any atom is -0.383 e. The number of hydrogen-bond acceptors (Lipinski definition) is 4. The molecule has 2 aromatic rings. The lowest BCUT2D eigenvalue weighted by atomic mass is 10.1. The van der Waals surface area contributed by atoms with Crippen LogP contribution in [0.25, 0.3) is 10.9 Å². The Hall–Kier alpha value is -1.68. The van der Waals surface area contributed by atoms with Gasteiger partial charge in [0.2, 0.25) is 0 Å². The highest BCUT2D eigenvalue weighted by Gasteiger charge is 2.21. The second kappa shape index (κ2) is 3.72. The van der Waals surface area contributed by atoms with Crippen LogP contribution in [0, 0.1) is 0 Å². The van der Waals surface area contributed by atoms with Gasteiger partial charge in [-0.2, -0.15) is 0 Å². The lowest BCUT2D eigenvalue weighted by molar-refractivity contribution is 0.193. The smallest absolute Gasteiger partial charge is 0.136 e. The van der Waals surface area contributed by atoms with Gasteiger partial charge in [-0.25, -0.2) is 9.97 Å². The van der Waals surface area contributed by atoms with Crippen molar-refractivity contribution in [2.75, 3.05) is 18.9 Å². The largest absolute Gasteiger partial charge is 0.383 e. The predicted molar refractivity (Wildman–Crippen MR) is 62.1 cm³/mol. The van der Waals surface area contributed by atoms with Crippen LogP contribution in [0.3, 0.4) is 0 Å². The maximum absolute atomic E-state index is 5.93. The summed E-state index contributed by atoms with van der Waals surface area (Å²) in [6.07, 6.45) is 0.984. The topological polar surface area (TPSA) is 61.0 Å². The number of para-hydroxylation sites is 1. The predicted octanol–water partition coefficient (Wildman–Crippen LogP) is 1.72. The summed E-state index contributed by atoms with van der Waals surface area (Å²) in [6.45, 7) is 1.50. The summed E-state index contributed by atoms with van der Waals surface area (Å²) in [5.74, 6) is 1.67. The highest BCUT2D eigenvalue weighted by Crippen LogP contribution is 2.25. The highest BCUT2D eigenvalue weighted by atomic mass is 16.5. The van der Waals surface area contributed by atoms with Crippen LogP contribution in [0.4, 0.5) is 5.82 Å². The number of benzene rings is 1. The van der Waals surface area contributed by atoms with Gasteiger partial charge in [0, 0.05) is 17.9 Å². The van der Waals surface area contributed by atoms with Crippen molar-refractivity contribution in [1.82, 2.24) is 9.97 Å². The monoisotopic (exact) mass is 215 g/mol. The molecule has 1 aromatic carbocycles. The summed E-state index contributed by atoms with van der Waals surface area (Å²) < 4.78 is 5.34. The number of nitrogens with two attached hydrogens (primary N) is 1. The van der Waals surface area contributed by atoms with Crippen LogP contribution in [0.2, 0.25) is 0 Å². The number of hydrogen-bond donors (Lipinski definition) is 1. The summed E-state index contributed by atoms with van der Waals surface area (Å²) in [5.41, 5.74) is 6.85. The zero-order valence-corrected chi connectivity index (χ0v) is 8.89. The van der Waals surface area contributed by atoms with Crippen molar-refractivity contribution >= 4 is 16.7 Å². The molecule has 0 amide bonds. The van der Waals surface area contributed by atoms with Crippen LogP contribution in [0.15, 0.2) is 24.3 Å². The van der Waals surface area contributed by atoms with E-state index in [0.29, 0.717) is 18.3 Å². The van der Waals surface area contributed by atoms with E-state index in [4.69, 9.17) is 10.5 Å². The first-order chi connectivity index (χ1) is 7.84. The summed E-state index contributed by atoms with van der Waals surface area (Å²) in [7, 11) is 0. The molecule has 1 saturated heterocycles. The van der Waals surface area contributed by atoms with Crippen LogP contribution in [0.1, 0.15) is 18.2 Å². The van der Waals surface area contributed by atoms with Gasteiger partial charge in [0.05, 0.1) is 12.1 Å². The van der Waals surface area contributed by atoms with Gasteiger partial charge >= 0.3 is 0 Å². The number of rotatable bonds is 1. The third-order valence-corrected chi connectivity index (χ3v) is 2.94. The van der Waals surface area contributed by atoms with E-state index in [1.54, 1.807) is 0 Å². The Morgan fingerprint density at radius 2 is 2.12 bits per heavy atom. The maximum Gasteiger partial charge on any atom is 0.136 e. The second-order valence-electron chi connectivity index (χ2n) is 4.04. The summed E-state index contributed by atoms with van der Waals surface area (Å²) in [4.78, 5) is 8.92. The molecule has 3 rings (SSSR count). The van der Waals surface area contributed by atoms with E-state index in [2.05, 4.69) is 9.97 Å². The van der Waals surface area contributed by atoms with Gasteiger partial charge < -0.3 is 10.5 Å². The van der Waals surface area contributed by atoms with Crippen LogP contribution >= 0.6 is 0 Å².